The van der Waals surface area contributed by atoms with Crippen molar-refractivity contribution in [2.45, 2.75) is 6.42 Å². The van der Waals surface area contributed by atoms with Crippen molar-refractivity contribution in [1.29, 1.82) is 0 Å². The van der Waals surface area contributed by atoms with Gasteiger partial charge in [0, 0.05) is 6.42 Å². The van der Waals surface area contributed by atoms with Crippen molar-refractivity contribution < 1.29 is 28.5 Å². The Balaban J connectivity index is 1.35. The number of hydrogen-bond acceptors (Lipinski definition) is 6. The molecule has 0 saturated heterocycles. The van der Waals surface area contributed by atoms with Crippen molar-refractivity contribution in [1.82, 2.24) is 0 Å². The van der Waals surface area contributed by atoms with Crippen LogP contribution in [0.5, 0.6) is 17.2 Å². The summed E-state index contributed by atoms with van der Waals surface area (Å²) in [5.74, 6) is 0.0219. The van der Waals surface area contributed by atoms with E-state index >= 15 is 0 Å². The summed E-state index contributed by atoms with van der Waals surface area (Å²) in [6.45, 7) is 0.765. The highest BCUT2D eigenvalue weighted by molar-refractivity contribution is 5.97. The minimum absolute atomic E-state index is 0.120. The first kappa shape index (κ1) is 24.5. The van der Waals surface area contributed by atoms with Crippen LogP contribution in [0.4, 0.5) is 0 Å². The normalized spacial score (nSPS) is 10.3. The predicted molar refractivity (Wildman–Crippen MR) is 136 cm³/mol. The third-order valence-electron chi connectivity index (χ3n) is 5.24. The summed E-state index contributed by atoms with van der Waals surface area (Å²) >= 11 is 0. The van der Waals surface area contributed by atoms with E-state index in [-0.39, 0.29) is 30.1 Å². The zero-order chi connectivity index (χ0) is 25.0. The Labute approximate surface area is 210 Å². The molecule has 0 aromatic heterocycles. The molecule has 0 saturated carbocycles. The molecule has 0 bridgehead atoms. The van der Waals surface area contributed by atoms with Crippen molar-refractivity contribution >= 4 is 11.9 Å². The smallest absolute Gasteiger partial charge is 0.347 e. The molecule has 0 fully saturated rings. The molecule has 0 amide bonds. The van der Waals surface area contributed by atoms with E-state index < -0.39 is 11.9 Å². The van der Waals surface area contributed by atoms with E-state index in [1.807, 2.05) is 60.7 Å². The predicted octanol–water partition coefficient (Wildman–Crippen LogP) is 5.76. The standard InChI is InChI=1S/C30H26O6/c31-29(35-20-19-23-11-3-1-4-12-23)26-16-8-10-18-28(26)36-30(32)25-15-7-9-17-27(25)34-22-21-33-24-13-5-2-6-14-24/h1-18H,19-22H2. The van der Waals surface area contributed by atoms with Gasteiger partial charge in [-0.05, 0) is 42.0 Å². The Morgan fingerprint density at radius 3 is 1.81 bits per heavy atom. The summed E-state index contributed by atoms with van der Waals surface area (Å²) in [6.07, 6.45) is 0.591. The van der Waals surface area contributed by atoms with Gasteiger partial charge in [0.15, 0.2) is 0 Å². The maximum Gasteiger partial charge on any atom is 0.347 e. The van der Waals surface area contributed by atoms with E-state index in [1.165, 1.54) is 0 Å². The van der Waals surface area contributed by atoms with Gasteiger partial charge in [-0.1, -0.05) is 72.8 Å². The lowest BCUT2D eigenvalue weighted by atomic mass is 10.1. The first-order chi connectivity index (χ1) is 17.7. The Hall–Kier alpha value is -4.58. The highest BCUT2D eigenvalue weighted by Gasteiger charge is 2.19. The molecule has 0 aliphatic carbocycles. The SMILES string of the molecule is O=C(Oc1ccccc1C(=O)OCCc1ccccc1)c1ccccc1OCCOc1ccccc1. The van der Waals surface area contributed by atoms with Gasteiger partial charge < -0.3 is 18.9 Å². The topological polar surface area (TPSA) is 71.1 Å². The van der Waals surface area contributed by atoms with Crippen LogP contribution in [-0.2, 0) is 11.2 Å². The molecule has 0 N–H and O–H groups in total. The second-order valence-electron chi connectivity index (χ2n) is 7.76. The third kappa shape index (κ3) is 6.96. The molecule has 4 aromatic rings. The van der Waals surface area contributed by atoms with Gasteiger partial charge in [-0.3, -0.25) is 0 Å². The van der Waals surface area contributed by atoms with Crippen molar-refractivity contribution in [3.8, 4) is 17.2 Å². The molecule has 0 unspecified atom stereocenters. The van der Waals surface area contributed by atoms with E-state index in [4.69, 9.17) is 18.9 Å². The van der Waals surface area contributed by atoms with E-state index in [0.717, 1.165) is 11.3 Å². The fraction of sp³-hybridized carbons (Fsp3) is 0.133. The number of para-hydroxylation sites is 3. The quantitative estimate of drug-likeness (QED) is 0.154. The van der Waals surface area contributed by atoms with E-state index in [1.54, 1.807) is 48.5 Å². The molecule has 4 rings (SSSR count). The van der Waals surface area contributed by atoms with Crippen molar-refractivity contribution in [3.63, 3.8) is 0 Å². The number of carbonyl (C=O) groups excluding carboxylic acids is 2. The summed E-state index contributed by atoms with van der Waals surface area (Å²) in [7, 11) is 0. The zero-order valence-electron chi connectivity index (χ0n) is 19.7. The average molecular weight is 483 g/mol. The van der Waals surface area contributed by atoms with Gasteiger partial charge in [0.25, 0.3) is 0 Å². The third-order valence-corrected chi connectivity index (χ3v) is 5.24. The molecule has 182 valence electrons. The fourth-order valence-electron chi connectivity index (χ4n) is 3.45. The van der Waals surface area contributed by atoms with Crippen molar-refractivity contribution in [3.05, 3.63) is 126 Å². The number of rotatable bonds is 11. The van der Waals surface area contributed by atoms with E-state index in [0.29, 0.717) is 18.8 Å². The minimum Gasteiger partial charge on any atom is -0.490 e. The maximum atomic E-state index is 13.0. The lowest BCUT2D eigenvalue weighted by Gasteiger charge is -2.13. The van der Waals surface area contributed by atoms with Crippen LogP contribution in [0.2, 0.25) is 0 Å². The average Bonchev–Trinajstić information content (AvgIpc) is 2.93. The van der Waals surface area contributed by atoms with Crippen molar-refractivity contribution in [2.75, 3.05) is 19.8 Å². The van der Waals surface area contributed by atoms with Crippen LogP contribution >= 0.6 is 0 Å². The van der Waals surface area contributed by atoms with E-state index in [2.05, 4.69) is 0 Å². The Morgan fingerprint density at radius 1 is 0.528 bits per heavy atom. The molecule has 0 aliphatic rings. The molecule has 4 aromatic carbocycles. The van der Waals surface area contributed by atoms with Gasteiger partial charge in [0.05, 0.1) is 6.61 Å². The van der Waals surface area contributed by atoms with Crippen LogP contribution in [0, 0.1) is 0 Å². The zero-order valence-corrected chi connectivity index (χ0v) is 19.7. The first-order valence-corrected chi connectivity index (χ1v) is 11.6. The van der Waals surface area contributed by atoms with E-state index in [9.17, 15) is 9.59 Å². The number of ether oxygens (including phenoxy) is 4. The molecule has 6 nitrogen and oxygen atoms in total. The van der Waals surface area contributed by atoms with Crippen LogP contribution in [0.25, 0.3) is 0 Å². The molecule has 0 atom stereocenters. The van der Waals surface area contributed by atoms with Crippen LogP contribution < -0.4 is 14.2 Å². The van der Waals surface area contributed by atoms with Gasteiger partial charge in [-0.2, -0.15) is 0 Å². The maximum absolute atomic E-state index is 13.0. The number of hydrogen-bond donors (Lipinski definition) is 0. The molecule has 6 heteroatoms. The number of benzene rings is 4. The van der Waals surface area contributed by atoms with Gasteiger partial charge in [-0.15, -0.1) is 0 Å². The van der Waals surface area contributed by atoms with Gasteiger partial charge >= 0.3 is 11.9 Å². The van der Waals surface area contributed by atoms with Gasteiger partial charge in [0.2, 0.25) is 0 Å². The fourth-order valence-corrected chi connectivity index (χ4v) is 3.45. The molecule has 0 spiro atoms. The minimum atomic E-state index is -0.640. The Kier molecular flexibility index (Phi) is 8.70. The summed E-state index contributed by atoms with van der Waals surface area (Å²) < 4.78 is 22.4. The summed E-state index contributed by atoms with van der Waals surface area (Å²) in [5.41, 5.74) is 1.48. The Morgan fingerprint density at radius 2 is 1.08 bits per heavy atom. The molecule has 0 radical (unpaired) electrons. The second-order valence-corrected chi connectivity index (χ2v) is 7.76. The Bertz CT molecular complexity index is 1270. The van der Waals surface area contributed by atoms with Gasteiger partial charge in [-0.25, -0.2) is 9.59 Å². The largest absolute Gasteiger partial charge is 0.490 e. The van der Waals surface area contributed by atoms with Crippen LogP contribution in [0.15, 0.2) is 109 Å². The summed E-state index contributed by atoms with van der Waals surface area (Å²) in [5, 5.41) is 0. The molecule has 36 heavy (non-hydrogen) atoms. The molecular weight excluding hydrogens is 456 g/mol. The monoisotopic (exact) mass is 482 g/mol. The lowest BCUT2D eigenvalue weighted by Crippen LogP contribution is -2.16. The van der Waals surface area contributed by atoms with Crippen LogP contribution in [0.1, 0.15) is 26.3 Å². The first-order valence-electron chi connectivity index (χ1n) is 11.6. The number of esters is 2. The summed E-state index contributed by atoms with van der Waals surface area (Å²) in [4.78, 5) is 25.7. The molecule has 0 heterocycles. The molecule has 0 aliphatic heterocycles. The van der Waals surface area contributed by atoms with Crippen LogP contribution in [0.3, 0.4) is 0 Å². The lowest BCUT2D eigenvalue weighted by molar-refractivity contribution is 0.0503. The van der Waals surface area contributed by atoms with Crippen LogP contribution in [-0.4, -0.2) is 31.8 Å². The second kappa shape index (κ2) is 12.8. The van der Waals surface area contributed by atoms with Gasteiger partial charge in [0.1, 0.15) is 41.6 Å². The number of carbonyl (C=O) groups is 2. The highest BCUT2D eigenvalue weighted by atomic mass is 16.6. The summed E-state index contributed by atoms with van der Waals surface area (Å²) in [6, 6.07) is 32.4. The molecular formula is C30H26O6. The highest BCUT2D eigenvalue weighted by Crippen LogP contribution is 2.24. The van der Waals surface area contributed by atoms with Crippen molar-refractivity contribution in [2.24, 2.45) is 0 Å².